The van der Waals surface area contributed by atoms with Gasteiger partial charge in [-0.15, -0.1) is 0 Å². The first-order valence-electron chi connectivity index (χ1n) is 7.32. The zero-order chi connectivity index (χ0) is 15.0. The van der Waals surface area contributed by atoms with E-state index >= 15 is 0 Å². The smallest absolute Gasteiger partial charge is 0.122 e. The molecular formula is C15H27N5. The van der Waals surface area contributed by atoms with Crippen molar-refractivity contribution in [3.63, 3.8) is 0 Å². The van der Waals surface area contributed by atoms with Crippen LogP contribution in [0.5, 0.6) is 0 Å². The molecule has 1 rings (SSSR count). The van der Waals surface area contributed by atoms with Crippen LogP contribution in [0.3, 0.4) is 0 Å². The van der Waals surface area contributed by atoms with Crippen LogP contribution < -0.4 is 5.32 Å². The molecule has 0 aliphatic carbocycles. The fourth-order valence-electron chi connectivity index (χ4n) is 2.30. The fourth-order valence-corrected chi connectivity index (χ4v) is 2.30. The first kappa shape index (κ1) is 16.7. The summed E-state index contributed by atoms with van der Waals surface area (Å²) in [4.78, 5) is 6.61. The van der Waals surface area contributed by atoms with Crippen molar-refractivity contribution in [1.82, 2.24) is 19.8 Å². The zero-order valence-corrected chi connectivity index (χ0v) is 13.2. The highest BCUT2D eigenvalue weighted by Gasteiger charge is 2.21. The van der Waals surface area contributed by atoms with Gasteiger partial charge in [0.15, 0.2) is 0 Å². The van der Waals surface area contributed by atoms with Crippen molar-refractivity contribution in [1.29, 1.82) is 5.26 Å². The Bertz CT molecular complexity index is 434. The SMILES string of the molecule is CCNC(C)(C#N)CCCCN(C)Cc1nccn1C. The van der Waals surface area contributed by atoms with E-state index in [1.807, 2.05) is 33.3 Å². The van der Waals surface area contributed by atoms with E-state index in [2.05, 4.69) is 32.9 Å². The minimum absolute atomic E-state index is 0.382. The molecule has 1 N–H and O–H groups in total. The second-order valence-corrected chi connectivity index (χ2v) is 5.62. The van der Waals surface area contributed by atoms with Crippen LogP contribution in [0.15, 0.2) is 12.4 Å². The molecule has 0 aromatic carbocycles. The summed E-state index contributed by atoms with van der Waals surface area (Å²) in [7, 11) is 4.13. The molecule has 1 aromatic heterocycles. The normalized spacial score (nSPS) is 14.2. The number of nitriles is 1. The largest absolute Gasteiger partial charge is 0.337 e. The number of aryl methyl sites for hydroxylation is 1. The topological polar surface area (TPSA) is 56.9 Å². The summed E-state index contributed by atoms with van der Waals surface area (Å²) in [5.41, 5.74) is -0.382. The molecule has 20 heavy (non-hydrogen) atoms. The van der Waals surface area contributed by atoms with E-state index in [1.165, 1.54) is 0 Å². The molecule has 5 heteroatoms. The minimum atomic E-state index is -0.382. The van der Waals surface area contributed by atoms with Gasteiger partial charge in [0.25, 0.3) is 0 Å². The van der Waals surface area contributed by atoms with Crippen LogP contribution in [0.25, 0.3) is 0 Å². The van der Waals surface area contributed by atoms with E-state index in [1.54, 1.807) is 0 Å². The molecule has 1 aromatic rings. The quantitative estimate of drug-likeness (QED) is 0.701. The van der Waals surface area contributed by atoms with E-state index in [-0.39, 0.29) is 5.54 Å². The molecule has 1 heterocycles. The summed E-state index contributed by atoms with van der Waals surface area (Å²) in [5, 5.41) is 12.4. The average molecular weight is 277 g/mol. The van der Waals surface area contributed by atoms with Crippen molar-refractivity contribution in [2.24, 2.45) is 7.05 Å². The summed E-state index contributed by atoms with van der Waals surface area (Å²) in [6.45, 7) is 6.75. The third kappa shape index (κ3) is 5.32. The Kier molecular flexibility index (Phi) is 6.69. The molecule has 0 spiro atoms. The standard InChI is InChI=1S/C15H27N5/c1-5-18-15(2,13-16)8-6-7-10-19(3)12-14-17-9-11-20(14)4/h9,11,18H,5-8,10,12H2,1-4H3. The number of hydrogen-bond acceptors (Lipinski definition) is 4. The van der Waals surface area contributed by atoms with Gasteiger partial charge in [-0.1, -0.05) is 6.92 Å². The van der Waals surface area contributed by atoms with Crippen molar-refractivity contribution in [2.45, 2.75) is 45.2 Å². The Balaban J connectivity index is 2.24. The van der Waals surface area contributed by atoms with Crippen molar-refractivity contribution in [3.05, 3.63) is 18.2 Å². The Labute approximate surface area is 122 Å². The van der Waals surface area contributed by atoms with E-state index in [9.17, 15) is 5.26 Å². The molecule has 1 unspecified atom stereocenters. The van der Waals surface area contributed by atoms with E-state index in [0.717, 1.165) is 44.7 Å². The maximum atomic E-state index is 9.19. The molecule has 0 radical (unpaired) electrons. The third-order valence-corrected chi connectivity index (χ3v) is 3.61. The molecule has 0 amide bonds. The fraction of sp³-hybridized carbons (Fsp3) is 0.733. The van der Waals surface area contributed by atoms with Crippen molar-refractivity contribution >= 4 is 0 Å². The van der Waals surface area contributed by atoms with Gasteiger partial charge in [-0.2, -0.15) is 5.26 Å². The van der Waals surface area contributed by atoms with Crippen molar-refractivity contribution in [2.75, 3.05) is 20.1 Å². The van der Waals surface area contributed by atoms with Gasteiger partial charge in [0.05, 0.1) is 12.6 Å². The second-order valence-electron chi connectivity index (χ2n) is 5.62. The number of unbranched alkanes of at least 4 members (excludes halogenated alkanes) is 1. The van der Waals surface area contributed by atoms with Gasteiger partial charge in [0.2, 0.25) is 0 Å². The van der Waals surface area contributed by atoms with Crippen molar-refractivity contribution < 1.29 is 0 Å². The highest BCUT2D eigenvalue weighted by molar-refractivity contribution is 5.03. The van der Waals surface area contributed by atoms with Crippen LogP contribution >= 0.6 is 0 Å². The highest BCUT2D eigenvalue weighted by atomic mass is 15.1. The summed E-state index contributed by atoms with van der Waals surface area (Å²) in [5.74, 6) is 1.09. The number of rotatable bonds is 9. The number of aromatic nitrogens is 2. The Hall–Kier alpha value is -1.38. The molecule has 112 valence electrons. The molecule has 0 aliphatic rings. The number of nitrogens with zero attached hydrogens (tertiary/aromatic N) is 4. The molecule has 0 fully saturated rings. The van der Waals surface area contributed by atoms with Crippen LogP contribution in [-0.2, 0) is 13.6 Å². The molecule has 0 saturated heterocycles. The molecule has 0 saturated carbocycles. The van der Waals surface area contributed by atoms with Gasteiger partial charge in [0.1, 0.15) is 11.4 Å². The van der Waals surface area contributed by atoms with Gasteiger partial charge < -0.3 is 4.57 Å². The number of hydrogen-bond donors (Lipinski definition) is 1. The van der Waals surface area contributed by atoms with E-state index < -0.39 is 0 Å². The predicted octanol–water partition coefficient (Wildman–Crippen LogP) is 1.91. The van der Waals surface area contributed by atoms with Crippen LogP contribution in [0, 0.1) is 11.3 Å². The Morgan fingerprint density at radius 1 is 1.50 bits per heavy atom. The van der Waals surface area contributed by atoms with Crippen LogP contribution in [0.2, 0.25) is 0 Å². The maximum absolute atomic E-state index is 9.19. The van der Waals surface area contributed by atoms with E-state index in [0.29, 0.717) is 0 Å². The lowest BCUT2D eigenvalue weighted by molar-refractivity contribution is 0.298. The lowest BCUT2D eigenvalue weighted by Crippen LogP contribution is -2.40. The maximum Gasteiger partial charge on any atom is 0.122 e. The molecular weight excluding hydrogens is 250 g/mol. The summed E-state index contributed by atoms with van der Waals surface area (Å²) in [6, 6.07) is 2.37. The minimum Gasteiger partial charge on any atom is -0.337 e. The lowest BCUT2D eigenvalue weighted by Gasteiger charge is -2.23. The Morgan fingerprint density at radius 2 is 2.25 bits per heavy atom. The second kappa shape index (κ2) is 8.03. The molecule has 5 nitrogen and oxygen atoms in total. The lowest BCUT2D eigenvalue weighted by atomic mass is 9.96. The molecule has 1 atom stereocenters. The van der Waals surface area contributed by atoms with Gasteiger partial charge >= 0.3 is 0 Å². The van der Waals surface area contributed by atoms with Gasteiger partial charge in [-0.25, -0.2) is 4.98 Å². The number of imidazole rings is 1. The van der Waals surface area contributed by atoms with Crippen LogP contribution in [-0.4, -0.2) is 40.1 Å². The zero-order valence-electron chi connectivity index (χ0n) is 13.2. The van der Waals surface area contributed by atoms with Gasteiger partial charge in [0, 0.05) is 19.4 Å². The van der Waals surface area contributed by atoms with E-state index in [4.69, 9.17) is 0 Å². The first-order valence-corrected chi connectivity index (χ1v) is 7.32. The third-order valence-electron chi connectivity index (χ3n) is 3.61. The van der Waals surface area contributed by atoms with Gasteiger partial charge in [-0.05, 0) is 46.3 Å². The summed E-state index contributed by atoms with van der Waals surface area (Å²) >= 11 is 0. The highest BCUT2D eigenvalue weighted by Crippen LogP contribution is 2.13. The van der Waals surface area contributed by atoms with Crippen LogP contribution in [0.1, 0.15) is 38.9 Å². The first-order chi connectivity index (χ1) is 9.50. The van der Waals surface area contributed by atoms with Gasteiger partial charge in [-0.3, -0.25) is 10.2 Å². The Morgan fingerprint density at radius 3 is 2.80 bits per heavy atom. The average Bonchev–Trinajstić information content (AvgIpc) is 2.81. The molecule has 0 aliphatic heterocycles. The summed E-state index contributed by atoms with van der Waals surface area (Å²) < 4.78 is 2.05. The monoisotopic (exact) mass is 277 g/mol. The molecule has 0 bridgehead atoms. The predicted molar refractivity (Wildman–Crippen MR) is 81.1 cm³/mol. The number of nitrogens with one attached hydrogen (secondary N) is 1. The summed E-state index contributed by atoms with van der Waals surface area (Å²) in [6.07, 6.45) is 6.86. The van der Waals surface area contributed by atoms with Crippen molar-refractivity contribution in [3.8, 4) is 6.07 Å². The van der Waals surface area contributed by atoms with Crippen LogP contribution in [0.4, 0.5) is 0 Å².